The van der Waals surface area contributed by atoms with Gasteiger partial charge in [-0.1, -0.05) is 24.3 Å². The monoisotopic (exact) mass is 356 g/mol. The first-order chi connectivity index (χ1) is 12.5. The predicted molar refractivity (Wildman–Crippen MR) is 96.8 cm³/mol. The molecule has 0 bridgehead atoms. The molecule has 1 aromatic carbocycles. The van der Waals surface area contributed by atoms with Crippen molar-refractivity contribution in [2.24, 2.45) is 0 Å². The van der Waals surface area contributed by atoms with Crippen LogP contribution in [0.15, 0.2) is 36.5 Å². The summed E-state index contributed by atoms with van der Waals surface area (Å²) in [7, 11) is 0. The summed E-state index contributed by atoms with van der Waals surface area (Å²) in [4.78, 5) is 28.4. The molecule has 26 heavy (non-hydrogen) atoms. The van der Waals surface area contributed by atoms with Gasteiger partial charge in [0.25, 0.3) is 5.91 Å². The molecule has 1 aliphatic heterocycles. The molecule has 0 unspecified atom stereocenters. The number of carbonyl (C=O) groups is 2. The van der Waals surface area contributed by atoms with Crippen LogP contribution in [-0.4, -0.2) is 68.6 Å². The molecule has 2 atom stereocenters. The molecule has 1 amide bonds. The molecule has 3 rings (SSSR count). The minimum atomic E-state index is -0.472. The fraction of sp³-hybridized carbons (Fsp3) is 0.421. The molecular formula is C19H24N4O3. The van der Waals surface area contributed by atoms with Crippen LogP contribution in [0.1, 0.15) is 40.3 Å². The average Bonchev–Trinajstić information content (AvgIpc) is 3.15. The number of aliphatic hydroxyl groups excluding tert-OH is 1. The lowest BCUT2D eigenvalue weighted by Crippen LogP contribution is -2.58. The predicted octanol–water partition coefficient (Wildman–Crippen LogP) is 1.32. The standard InChI is InChI=1S/C19H24N4O3/c1-13-9-22(11-15-3-5-16(6-4-15)18(25)12-24)10-14(2)23(13)19(26)17-7-8-20-21-17/h3-8,13-14,24H,9-12H2,1-2H3,(H,20,21)/t13-,14+. The van der Waals surface area contributed by atoms with Crippen LogP contribution >= 0.6 is 0 Å². The average molecular weight is 356 g/mol. The number of carbonyl (C=O) groups excluding carboxylic acids is 2. The van der Waals surface area contributed by atoms with E-state index in [1.54, 1.807) is 24.4 Å². The largest absolute Gasteiger partial charge is 0.388 e. The topological polar surface area (TPSA) is 89.5 Å². The van der Waals surface area contributed by atoms with Gasteiger partial charge < -0.3 is 10.0 Å². The molecule has 2 aromatic rings. The molecule has 2 heterocycles. The zero-order valence-corrected chi connectivity index (χ0v) is 15.1. The summed E-state index contributed by atoms with van der Waals surface area (Å²) < 4.78 is 0. The van der Waals surface area contributed by atoms with Crippen molar-refractivity contribution in [1.82, 2.24) is 20.0 Å². The Balaban J connectivity index is 1.64. The van der Waals surface area contributed by atoms with E-state index in [-0.39, 0.29) is 23.8 Å². The van der Waals surface area contributed by atoms with Crippen molar-refractivity contribution in [2.45, 2.75) is 32.5 Å². The highest BCUT2D eigenvalue weighted by Gasteiger charge is 2.33. The van der Waals surface area contributed by atoms with Crippen LogP contribution in [0, 0.1) is 0 Å². The Kier molecular flexibility index (Phi) is 5.49. The highest BCUT2D eigenvalue weighted by molar-refractivity contribution is 5.96. The van der Waals surface area contributed by atoms with Crippen molar-refractivity contribution in [2.75, 3.05) is 19.7 Å². The van der Waals surface area contributed by atoms with Gasteiger partial charge in [0.15, 0.2) is 5.78 Å². The first-order valence-electron chi connectivity index (χ1n) is 8.77. The van der Waals surface area contributed by atoms with Gasteiger partial charge in [-0.2, -0.15) is 5.10 Å². The number of ketones is 1. The Bertz CT molecular complexity index is 746. The Morgan fingerprint density at radius 1 is 1.15 bits per heavy atom. The number of H-pyrrole nitrogens is 1. The van der Waals surface area contributed by atoms with Crippen LogP contribution in [0.2, 0.25) is 0 Å². The third-order valence-corrected chi connectivity index (χ3v) is 4.79. The van der Waals surface area contributed by atoms with Crippen molar-refractivity contribution in [3.05, 3.63) is 53.3 Å². The molecule has 0 radical (unpaired) electrons. The number of benzene rings is 1. The second-order valence-electron chi connectivity index (χ2n) is 6.85. The molecule has 7 heteroatoms. The zero-order valence-electron chi connectivity index (χ0n) is 15.1. The smallest absolute Gasteiger partial charge is 0.272 e. The lowest BCUT2D eigenvalue weighted by molar-refractivity contribution is 0.0263. The van der Waals surface area contributed by atoms with Crippen LogP contribution in [0.25, 0.3) is 0 Å². The molecule has 2 N–H and O–H groups in total. The van der Waals surface area contributed by atoms with E-state index in [0.717, 1.165) is 25.2 Å². The lowest BCUT2D eigenvalue weighted by atomic mass is 10.0. The van der Waals surface area contributed by atoms with E-state index in [0.29, 0.717) is 11.3 Å². The molecular weight excluding hydrogens is 332 g/mol. The van der Waals surface area contributed by atoms with Crippen molar-refractivity contribution in [3.63, 3.8) is 0 Å². The fourth-order valence-electron chi connectivity index (χ4n) is 3.62. The SMILES string of the molecule is C[C@@H]1CN(Cc2ccc(C(=O)CO)cc2)C[C@H](C)N1C(=O)c1ccn[nH]1. The molecule has 1 aliphatic rings. The van der Waals surface area contributed by atoms with E-state index in [9.17, 15) is 9.59 Å². The number of aliphatic hydroxyl groups is 1. The Labute approximate surface area is 152 Å². The summed E-state index contributed by atoms with van der Waals surface area (Å²) in [6.07, 6.45) is 1.59. The van der Waals surface area contributed by atoms with Crippen LogP contribution in [-0.2, 0) is 6.54 Å². The van der Waals surface area contributed by atoms with Crippen LogP contribution in [0.5, 0.6) is 0 Å². The summed E-state index contributed by atoms with van der Waals surface area (Å²) in [5.74, 6) is -0.293. The molecule has 138 valence electrons. The number of hydrogen-bond donors (Lipinski definition) is 2. The molecule has 0 spiro atoms. The zero-order chi connectivity index (χ0) is 18.7. The molecule has 7 nitrogen and oxygen atoms in total. The number of piperazine rings is 1. The van der Waals surface area contributed by atoms with Gasteiger partial charge in [0.1, 0.15) is 12.3 Å². The third kappa shape index (κ3) is 3.84. The van der Waals surface area contributed by atoms with E-state index in [2.05, 4.69) is 28.9 Å². The fourth-order valence-corrected chi connectivity index (χ4v) is 3.62. The minimum Gasteiger partial charge on any atom is -0.388 e. The van der Waals surface area contributed by atoms with E-state index in [4.69, 9.17) is 5.11 Å². The van der Waals surface area contributed by atoms with Crippen molar-refractivity contribution < 1.29 is 14.7 Å². The molecule has 0 aliphatic carbocycles. The van der Waals surface area contributed by atoms with Gasteiger partial charge in [-0.15, -0.1) is 0 Å². The first kappa shape index (κ1) is 18.3. The van der Waals surface area contributed by atoms with E-state index >= 15 is 0 Å². The van der Waals surface area contributed by atoms with Gasteiger partial charge in [0.05, 0.1) is 0 Å². The second-order valence-corrected chi connectivity index (χ2v) is 6.85. The minimum absolute atomic E-state index is 0.0194. The lowest BCUT2D eigenvalue weighted by Gasteiger charge is -2.44. The number of Topliss-reactive ketones (excluding diaryl/α,β-unsaturated/α-hetero) is 1. The summed E-state index contributed by atoms with van der Waals surface area (Å²) in [5.41, 5.74) is 2.14. The first-order valence-corrected chi connectivity index (χ1v) is 8.77. The Hall–Kier alpha value is -2.51. The normalized spacial score (nSPS) is 21.0. The van der Waals surface area contributed by atoms with E-state index < -0.39 is 6.61 Å². The number of aromatic amines is 1. The van der Waals surface area contributed by atoms with Crippen LogP contribution in [0.4, 0.5) is 0 Å². The third-order valence-electron chi connectivity index (χ3n) is 4.79. The molecule has 1 aromatic heterocycles. The second kappa shape index (κ2) is 7.80. The number of rotatable bonds is 5. The number of hydrogen-bond acceptors (Lipinski definition) is 5. The maximum absolute atomic E-state index is 12.7. The highest BCUT2D eigenvalue weighted by Crippen LogP contribution is 2.20. The van der Waals surface area contributed by atoms with Crippen molar-refractivity contribution >= 4 is 11.7 Å². The maximum Gasteiger partial charge on any atom is 0.272 e. The Morgan fingerprint density at radius 2 is 1.81 bits per heavy atom. The highest BCUT2D eigenvalue weighted by atomic mass is 16.3. The number of nitrogens with zero attached hydrogens (tertiary/aromatic N) is 3. The molecule has 1 fully saturated rings. The van der Waals surface area contributed by atoms with E-state index in [1.807, 2.05) is 17.0 Å². The Morgan fingerprint density at radius 3 is 2.35 bits per heavy atom. The molecule has 1 saturated heterocycles. The van der Waals surface area contributed by atoms with Gasteiger partial charge in [-0.3, -0.25) is 19.6 Å². The number of nitrogens with one attached hydrogen (secondary N) is 1. The van der Waals surface area contributed by atoms with Gasteiger partial charge >= 0.3 is 0 Å². The van der Waals surface area contributed by atoms with E-state index in [1.165, 1.54) is 0 Å². The quantitative estimate of drug-likeness (QED) is 0.789. The number of amides is 1. The number of aromatic nitrogens is 2. The van der Waals surface area contributed by atoms with Gasteiger partial charge in [0.2, 0.25) is 0 Å². The summed E-state index contributed by atoms with van der Waals surface area (Å²) in [5, 5.41) is 15.5. The van der Waals surface area contributed by atoms with Crippen LogP contribution < -0.4 is 0 Å². The maximum atomic E-state index is 12.7. The summed E-state index contributed by atoms with van der Waals surface area (Å²) in [6.45, 7) is 5.96. The van der Waals surface area contributed by atoms with Crippen molar-refractivity contribution in [3.8, 4) is 0 Å². The van der Waals surface area contributed by atoms with Gasteiger partial charge in [0, 0.05) is 43.5 Å². The molecule has 0 saturated carbocycles. The summed E-state index contributed by atoms with van der Waals surface area (Å²) in [6, 6.07) is 9.20. The van der Waals surface area contributed by atoms with Crippen LogP contribution in [0.3, 0.4) is 0 Å². The van der Waals surface area contributed by atoms with Gasteiger partial charge in [-0.05, 0) is 25.5 Å². The van der Waals surface area contributed by atoms with Crippen molar-refractivity contribution in [1.29, 1.82) is 0 Å². The van der Waals surface area contributed by atoms with Gasteiger partial charge in [-0.25, -0.2) is 0 Å². The summed E-state index contributed by atoms with van der Waals surface area (Å²) >= 11 is 0.